The third kappa shape index (κ3) is 2.76. The number of hydrogen-bond donors (Lipinski definition) is 0. The maximum Gasteiger partial charge on any atom is 0.227 e. The normalized spacial score (nSPS) is 17.0. The fourth-order valence-electron chi connectivity index (χ4n) is 4.13. The van der Waals surface area contributed by atoms with Gasteiger partial charge in [-0.25, -0.2) is 0 Å². The van der Waals surface area contributed by atoms with Crippen LogP contribution in [0, 0.1) is 0 Å². The minimum absolute atomic E-state index is 0.00937. The smallest absolute Gasteiger partial charge is 0.227 e. The Bertz CT molecular complexity index is 1130. The molecule has 0 bridgehead atoms. The molecule has 4 aromatic rings. The van der Waals surface area contributed by atoms with Crippen molar-refractivity contribution in [1.29, 1.82) is 0 Å². The molecule has 1 unspecified atom stereocenters. The molecule has 5 heteroatoms. The fraction of sp³-hybridized carbons (Fsp3) is 0.227. The van der Waals surface area contributed by atoms with Crippen LogP contribution < -0.4 is 0 Å². The van der Waals surface area contributed by atoms with Crippen molar-refractivity contribution in [3.63, 3.8) is 0 Å². The number of likely N-dealkylation sites (tertiary alicyclic amines) is 1. The summed E-state index contributed by atoms with van der Waals surface area (Å²) >= 11 is 0. The average Bonchev–Trinajstić information content (AvgIpc) is 3.35. The summed E-state index contributed by atoms with van der Waals surface area (Å²) in [5.41, 5.74) is 1.90. The fourth-order valence-corrected chi connectivity index (χ4v) is 4.13. The van der Waals surface area contributed by atoms with Crippen molar-refractivity contribution in [2.75, 3.05) is 6.54 Å². The first-order valence-corrected chi connectivity index (χ1v) is 9.37. The second-order valence-electron chi connectivity index (χ2n) is 7.05. The molecule has 0 spiro atoms. The van der Waals surface area contributed by atoms with Gasteiger partial charge in [0, 0.05) is 12.7 Å². The van der Waals surface area contributed by atoms with E-state index in [0.29, 0.717) is 6.42 Å². The second kappa shape index (κ2) is 6.50. The van der Waals surface area contributed by atoms with E-state index in [1.54, 1.807) is 0 Å². The molecule has 0 aliphatic carbocycles. The summed E-state index contributed by atoms with van der Waals surface area (Å²) in [4.78, 5) is 15.1. The van der Waals surface area contributed by atoms with Crippen molar-refractivity contribution in [2.45, 2.75) is 25.3 Å². The van der Waals surface area contributed by atoms with E-state index in [-0.39, 0.29) is 11.9 Å². The Morgan fingerprint density at radius 3 is 2.81 bits per heavy atom. The number of aromatic nitrogens is 3. The molecule has 0 saturated carbocycles. The van der Waals surface area contributed by atoms with Crippen molar-refractivity contribution in [1.82, 2.24) is 19.5 Å². The molecule has 1 aliphatic rings. The third-order valence-electron chi connectivity index (χ3n) is 5.43. The van der Waals surface area contributed by atoms with Crippen LogP contribution in [0.4, 0.5) is 0 Å². The molecule has 27 heavy (non-hydrogen) atoms. The Balaban J connectivity index is 1.45. The van der Waals surface area contributed by atoms with Crippen molar-refractivity contribution < 1.29 is 4.79 Å². The van der Waals surface area contributed by atoms with Crippen LogP contribution in [-0.4, -0.2) is 31.9 Å². The minimum atomic E-state index is -0.00937. The first-order valence-electron chi connectivity index (χ1n) is 9.37. The van der Waals surface area contributed by atoms with Crippen LogP contribution in [0.15, 0.2) is 66.9 Å². The maximum absolute atomic E-state index is 13.2. The van der Waals surface area contributed by atoms with Crippen LogP contribution in [0.5, 0.6) is 0 Å². The van der Waals surface area contributed by atoms with Gasteiger partial charge in [0.2, 0.25) is 5.91 Å². The molecular weight excluding hydrogens is 336 g/mol. The predicted molar refractivity (Wildman–Crippen MR) is 104 cm³/mol. The summed E-state index contributed by atoms with van der Waals surface area (Å²) < 4.78 is 1.99. The highest BCUT2D eigenvalue weighted by molar-refractivity contribution is 5.90. The summed E-state index contributed by atoms with van der Waals surface area (Å²) in [6.07, 6.45) is 4.30. The Morgan fingerprint density at radius 2 is 1.85 bits per heavy atom. The predicted octanol–water partition coefficient (Wildman–Crippen LogP) is 3.79. The SMILES string of the molecule is O=C(Cc1cccc2ccccc12)N1CCCC1c1nnc2ccccn12. The maximum atomic E-state index is 13.2. The topological polar surface area (TPSA) is 50.5 Å². The van der Waals surface area contributed by atoms with E-state index in [2.05, 4.69) is 34.5 Å². The molecule has 1 amide bonds. The molecule has 1 aliphatic heterocycles. The van der Waals surface area contributed by atoms with E-state index in [1.807, 2.05) is 51.9 Å². The van der Waals surface area contributed by atoms with Gasteiger partial charge in [-0.2, -0.15) is 0 Å². The summed E-state index contributed by atoms with van der Waals surface area (Å²) in [6.45, 7) is 0.774. The van der Waals surface area contributed by atoms with E-state index in [4.69, 9.17) is 0 Å². The van der Waals surface area contributed by atoms with Gasteiger partial charge in [0.05, 0.1) is 12.5 Å². The number of rotatable bonds is 3. The van der Waals surface area contributed by atoms with E-state index in [0.717, 1.165) is 41.8 Å². The first kappa shape index (κ1) is 16.0. The lowest BCUT2D eigenvalue weighted by atomic mass is 10.0. The first-order chi connectivity index (χ1) is 13.3. The molecule has 2 aromatic heterocycles. The van der Waals surface area contributed by atoms with Gasteiger partial charge in [0.25, 0.3) is 0 Å². The molecule has 5 nitrogen and oxygen atoms in total. The number of carbonyl (C=O) groups excluding carboxylic acids is 1. The molecule has 2 aromatic carbocycles. The van der Waals surface area contributed by atoms with Gasteiger partial charge in [0.1, 0.15) is 0 Å². The van der Waals surface area contributed by atoms with E-state index >= 15 is 0 Å². The lowest BCUT2D eigenvalue weighted by Crippen LogP contribution is -2.32. The number of fused-ring (bicyclic) bond motifs is 2. The van der Waals surface area contributed by atoms with Gasteiger partial charge in [-0.3, -0.25) is 9.20 Å². The second-order valence-corrected chi connectivity index (χ2v) is 7.05. The zero-order chi connectivity index (χ0) is 18.2. The van der Waals surface area contributed by atoms with Gasteiger partial charge in [-0.1, -0.05) is 48.5 Å². The van der Waals surface area contributed by atoms with Gasteiger partial charge in [-0.15, -0.1) is 10.2 Å². The van der Waals surface area contributed by atoms with E-state index < -0.39 is 0 Å². The van der Waals surface area contributed by atoms with Crippen LogP contribution in [0.2, 0.25) is 0 Å². The molecule has 3 heterocycles. The standard InChI is InChI=1S/C22H20N4O/c27-21(15-17-9-5-8-16-7-1-2-10-18(16)17)25-14-6-11-19(25)22-24-23-20-12-3-4-13-26(20)22/h1-5,7-10,12-13,19H,6,11,14-15H2. The van der Waals surface area contributed by atoms with Crippen LogP contribution >= 0.6 is 0 Å². The number of pyridine rings is 1. The lowest BCUT2D eigenvalue weighted by Gasteiger charge is -2.24. The van der Waals surface area contributed by atoms with Gasteiger partial charge in [-0.05, 0) is 41.3 Å². The van der Waals surface area contributed by atoms with Gasteiger partial charge in [0.15, 0.2) is 11.5 Å². The van der Waals surface area contributed by atoms with Crippen molar-refractivity contribution in [3.05, 3.63) is 78.2 Å². The zero-order valence-electron chi connectivity index (χ0n) is 15.0. The Morgan fingerprint density at radius 1 is 1.00 bits per heavy atom. The van der Waals surface area contributed by atoms with Gasteiger partial charge >= 0.3 is 0 Å². The summed E-state index contributed by atoms with van der Waals surface area (Å²) in [7, 11) is 0. The Kier molecular flexibility index (Phi) is 3.85. The Labute approximate surface area is 157 Å². The summed E-state index contributed by atoms with van der Waals surface area (Å²) in [5.74, 6) is 1.01. The highest BCUT2D eigenvalue weighted by atomic mass is 16.2. The van der Waals surface area contributed by atoms with Crippen molar-refractivity contribution >= 4 is 22.3 Å². The van der Waals surface area contributed by atoms with Crippen LogP contribution in [-0.2, 0) is 11.2 Å². The van der Waals surface area contributed by atoms with Crippen molar-refractivity contribution in [3.8, 4) is 0 Å². The molecule has 1 fully saturated rings. The van der Waals surface area contributed by atoms with Crippen molar-refractivity contribution in [2.24, 2.45) is 0 Å². The number of carbonyl (C=O) groups is 1. The van der Waals surface area contributed by atoms with Gasteiger partial charge < -0.3 is 4.90 Å². The molecule has 5 rings (SSSR count). The molecular formula is C22H20N4O. The van der Waals surface area contributed by atoms with E-state index in [9.17, 15) is 4.79 Å². The molecule has 0 N–H and O–H groups in total. The monoisotopic (exact) mass is 356 g/mol. The van der Waals surface area contributed by atoms with Crippen LogP contribution in [0.25, 0.3) is 16.4 Å². The highest BCUT2D eigenvalue weighted by Gasteiger charge is 2.33. The number of amides is 1. The summed E-state index contributed by atoms with van der Waals surface area (Å²) in [6, 6.07) is 20.2. The third-order valence-corrected chi connectivity index (χ3v) is 5.43. The number of nitrogens with zero attached hydrogens (tertiary/aromatic N) is 4. The molecule has 134 valence electrons. The molecule has 1 saturated heterocycles. The Hall–Kier alpha value is -3.21. The zero-order valence-corrected chi connectivity index (χ0v) is 15.0. The average molecular weight is 356 g/mol. The highest BCUT2D eigenvalue weighted by Crippen LogP contribution is 2.32. The lowest BCUT2D eigenvalue weighted by molar-refractivity contribution is -0.131. The molecule has 0 radical (unpaired) electrons. The summed E-state index contributed by atoms with van der Waals surface area (Å²) in [5, 5.41) is 11.0. The number of benzene rings is 2. The minimum Gasteiger partial charge on any atom is -0.332 e. The van der Waals surface area contributed by atoms with Crippen LogP contribution in [0.3, 0.4) is 0 Å². The quantitative estimate of drug-likeness (QED) is 0.561. The van der Waals surface area contributed by atoms with E-state index in [1.165, 1.54) is 5.39 Å². The molecule has 1 atom stereocenters. The largest absolute Gasteiger partial charge is 0.332 e. The van der Waals surface area contributed by atoms with Crippen LogP contribution in [0.1, 0.15) is 30.3 Å². The number of hydrogen-bond acceptors (Lipinski definition) is 3.